The molecule has 144 valence electrons. The average molecular weight is 394 g/mol. The second-order valence-corrected chi connectivity index (χ2v) is 7.71. The smallest absolute Gasteiger partial charge is 0.221 e. The van der Waals surface area contributed by atoms with E-state index in [0.29, 0.717) is 22.9 Å². The number of amides is 1. The van der Waals surface area contributed by atoms with E-state index < -0.39 is 0 Å². The molecule has 2 aromatic carbocycles. The number of benzene rings is 2. The maximum absolute atomic E-state index is 12.6. The molecular weight excluding hydrogens is 370 g/mol. The lowest BCUT2D eigenvalue weighted by Gasteiger charge is -2.15. The highest BCUT2D eigenvalue weighted by molar-refractivity contribution is 7.99. The first kappa shape index (κ1) is 19.9. The molecule has 0 fully saturated rings. The summed E-state index contributed by atoms with van der Waals surface area (Å²) in [5.41, 5.74) is 3.62. The van der Waals surface area contributed by atoms with Crippen LogP contribution in [0.4, 0.5) is 5.69 Å². The van der Waals surface area contributed by atoms with E-state index in [2.05, 4.69) is 36.3 Å². The molecule has 0 spiro atoms. The SMILES string of the molecule is CC(=O)Nc1ccc(C(=O)CSc2nccn2-c2ccccc2C(C)C)cc1. The molecule has 1 heterocycles. The number of imidazole rings is 1. The molecule has 5 nitrogen and oxygen atoms in total. The number of carbonyl (C=O) groups is 2. The Hall–Kier alpha value is -2.86. The highest BCUT2D eigenvalue weighted by Crippen LogP contribution is 2.27. The molecule has 0 bridgehead atoms. The summed E-state index contributed by atoms with van der Waals surface area (Å²) in [6.07, 6.45) is 3.68. The molecule has 1 aromatic heterocycles. The first-order valence-electron chi connectivity index (χ1n) is 9.12. The van der Waals surface area contributed by atoms with E-state index in [1.54, 1.807) is 30.5 Å². The number of ketones is 1. The van der Waals surface area contributed by atoms with Crippen LogP contribution in [0, 0.1) is 0 Å². The Morgan fingerprint density at radius 1 is 1.11 bits per heavy atom. The third-order valence-corrected chi connectivity index (χ3v) is 5.25. The van der Waals surface area contributed by atoms with Gasteiger partial charge in [0.2, 0.25) is 5.91 Å². The molecule has 3 aromatic rings. The zero-order valence-electron chi connectivity index (χ0n) is 16.2. The predicted molar refractivity (Wildman–Crippen MR) is 113 cm³/mol. The van der Waals surface area contributed by atoms with Crippen molar-refractivity contribution in [3.63, 3.8) is 0 Å². The number of rotatable bonds is 7. The fraction of sp³-hybridized carbons (Fsp3) is 0.227. The standard InChI is InChI=1S/C22H23N3O2S/c1-15(2)19-6-4-5-7-20(19)25-13-12-23-22(25)28-14-21(27)17-8-10-18(11-9-17)24-16(3)26/h4-13,15H,14H2,1-3H3,(H,24,26). The molecule has 28 heavy (non-hydrogen) atoms. The molecule has 1 N–H and O–H groups in total. The van der Waals surface area contributed by atoms with Gasteiger partial charge in [0, 0.05) is 30.6 Å². The van der Waals surface area contributed by atoms with Crippen LogP contribution in [0.1, 0.15) is 42.6 Å². The topological polar surface area (TPSA) is 64.0 Å². The van der Waals surface area contributed by atoms with Crippen LogP contribution < -0.4 is 5.32 Å². The number of para-hydroxylation sites is 1. The monoisotopic (exact) mass is 393 g/mol. The lowest BCUT2D eigenvalue weighted by molar-refractivity contribution is -0.114. The summed E-state index contributed by atoms with van der Waals surface area (Å²) in [6, 6.07) is 15.2. The Morgan fingerprint density at radius 2 is 1.82 bits per heavy atom. The van der Waals surface area contributed by atoms with Crippen molar-refractivity contribution in [1.29, 1.82) is 0 Å². The van der Waals surface area contributed by atoms with Crippen molar-refractivity contribution in [1.82, 2.24) is 9.55 Å². The van der Waals surface area contributed by atoms with Gasteiger partial charge in [0.25, 0.3) is 0 Å². The fourth-order valence-corrected chi connectivity index (χ4v) is 3.79. The number of aromatic nitrogens is 2. The largest absolute Gasteiger partial charge is 0.326 e. The van der Waals surface area contributed by atoms with Gasteiger partial charge in [0.05, 0.1) is 11.4 Å². The Kier molecular flexibility index (Phi) is 6.31. The number of Topliss-reactive ketones (excluding diaryl/α,β-unsaturated/α-hetero) is 1. The van der Waals surface area contributed by atoms with Crippen molar-refractivity contribution in [2.24, 2.45) is 0 Å². The lowest BCUT2D eigenvalue weighted by atomic mass is 10.0. The van der Waals surface area contributed by atoms with E-state index in [4.69, 9.17) is 0 Å². The average Bonchev–Trinajstić information content (AvgIpc) is 3.14. The molecule has 0 unspecified atom stereocenters. The summed E-state index contributed by atoms with van der Waals surface area (Å²) >= 11 is 1.42. The van der Waals surface area contributed by atoms with Crippen LogP contribution in [-0.4, -0.2) is 27.0 Å². The molecule has 0 aliphatic rings. The van der Waals surface area contributed by atoms with E-state index in [1.807, 2.05) is 22.9 Å². The summed E-state index contributed by atoms with van der Waals surface area (Å²) in [5, 5.41) is 3.48. The quantitative estimate of drug-likeness (QED) is 0.457. The third kappa shape index (κ3) is 4.70. The number of carbonyl (C=O) groups excluding carboxylic acids is 2. The number of thioether (sulfide) groups is 1. The van der Waals surface area contributed by atoms with E-state index in [0.717, 1.165) is 10.8 Å². The molecule has 6 heteroatoms. The van der Waals surface area contributed by atoms with Gasteiger partial charge in [-0.05, 0) is 41.8 Å². The van der Waals surface area contributed by atoms with E-state index in [1.165, 1.54) is 24.2 Å². The van der Waals surface area contributed by atoms with Crippen LogP contribution in [0.2, 0.25) is 0 Å². The van der Waals surface area contributed by atoms with Crippen molar-refractivity contribution in [3.8, 4) is 5.69 Å². The van der Waals surface area contributed by atoms with Crippen molar-refractivity contribution in [2.75, 3.05) is 11.1 Å². The highest BCUT2D eigenvalue weighted by atomic mass is 32.2. The maximum atomic E-state index is 12.6. The minimum Gasteiger partial charge on any atom is -0.326 e. The summed E-state index contributed by atoms with van der Waals surface area (Å²) in [7, 11) is 0. The van der Waals surface area contributed by atoms with Crippen LogP contribution in [0.15, 0.2) is 66.1 Å². The van der Waals surface area contributed by atoms with Crippen LogP contribution in [0.25, 0.3) is 5.69 Å². The van der Waals surface area contributed by atoms with Crippen molar-refractivity contribution >= 4 is 29.1 Å². The van der Waals surface area contributed by atoms with Crippen LogP contribution in [0.3, 0.4) is 0 Å². The van der Waals surface area contributed by atoms with Gasteiger partial charge in [-0.1, -0.05) is 43.8 Å². The van der Waals surface area contributed by atoms with Crippen molar-refractivity contribution < 1.29 is 9.59 Å². The predicted octanol–water partition coefficient (Wildman–Crippen LogP) is 4.93. The molecule has 0 aliphatic carbocycles. The minimum absolute atomic E-state index is 0.0195. The van der Waals surface area contributed by atoms with E-state index >= 15 is 0 Å². The lowest BCUT2D eigenvalue weighted by Crippen LogP contribution is -2.07. The molecule has 1 amide bonds. The Morgan fingerprint density at radius 3 is 2.50 bits per heavy atom. The molecule has 0 saturated carbocycles. The molecule has 0 radical (unpaired) electrons. The molecular formula is C22H23N3O2S. The second kappa shape index (κ2) is 8.89. The van der Waals surface area contributed by atoms with Gasteiger partial charge in [0.15, 0.2) is 10.9 Å². The summed E-state index contributed by atoms with van der Waals surface area (Å²) in [4.78, 5) is 28.1. The van der Waals surface area contributed by atoms with Gasteiger partial charge in [-0.3, -0.25) is 14.2 Å². The van der Waals surface area contributed by atoms with Crippen LogP contribution in [-0.2, 0) is 4.79 Å². The number of anilines is 1. The third-order valence-electron chi connectivity index (χ3n) is 4.28. The van der Waals surface area contributed by atoms with Crippen LogP contribution in [0.5, 0.6) is 0 Å². The molecule has 0 atom stereocenters. The highest BCUT2D eigenvalue weighted by Gasteiger charge is 2.14. The zero-order chi connectivity index (χ0) is 20.1. The van der Waals surface area contributed by atoms with Crippen LogP contribution >= 0.6 is 11.8 Å². The summed E-state index contributed by atoms with van der Waals surface area (Å²) in [6.45, 7) is 5.78. The van der Waals surface area contributed by atoms with E-state index in [9.17, 15) is 9.59 Å². The number of nitrogens with one attached hydrogen (secondary N) is 1. The normalized spacial score (nSPS) is 10.9. The maximum Gasteiger partial charge on any atom is 0.221 e. The summed E-state index contributed by atoms with van der Waals surface area (Å²) in [5.74, 6) is 0.565. The zero-order valence-corrected chi connectivity index (χ0v) is 17.0. The first-order chi connectivity index (χ1) is 13.5. The number of hydrogen-bond donors (Lipinski definition) is 1. The van der Waals surface area contributed by atoms with Gasteiger partial charge in [-0.25, -0.2) is 4.98 Å². The Labute approximate surface area is 169 Å². The molecule has 0 aliphatic heterocycles. The number of hydrogen-bond acceptors (Lipinski definition) is 4. The minimum atomic E-state index is -0.136. The molecule has 3 rings (SSSR count). The number of nitrogens with zero attached hydrogens (tertiary/aromatic N) is 2. The van der Waals surface area contributed by atoms with Gasteiger partial charge in [-0.15, -0.1) is 0 Å². The second-order valence-electron chi connectivity index (χ2n) is 6.76. The molecule has 0 saturated heterocycles. The first-order valence-corrected chi connectivity index (χ1v) is 10.1. The van der Waals surface area contributed by atoms with E-state index in [-0.39, 0.29) is 11.7 Å². The Bertz CT molecular complexity index is 977. The van der Waals surface area contributed by atoms with Gasteiger partial charge >= 0.3 is 0 Å². The van der Waals surface area contributed by atoms with Gasteiger partial charge < -0.3 is 5.32 Å². The van der Waals surface area contributed by atoms with Crippen molar-refractivity contribution in [2.45, 2.75) is 31.8 Å². The fourth-order valence-electron chi connectivity index (χ4n) is 2.93. The Balaban J connectivity index is 1.72. The summed E-state index contributed by atoms with van der Waals surface area (Å²) < 4.78 is 2.03. The van der Waals surface area contributed by atoms with Gasteiger partial charge in [-0.2, -0.15) is 0 Å². The van der Waals surface area contributed by atoms with Crippen molar-refractivity contribution in [3.05, 3.63) is 72.1 Å². The van der Waals surface area contributed by atoms with Gasteiger partial charge in [0.1, 0.15) is 0 Å².